The average molecular weight is 935 g/mol. The van der Waals surface area contributed by atoms with Crippen LogP contribution < -0.4 is 26.0 Å². The van der Waals surface area contributed by atoms with Gasteiger partial charge in [-0.1, -0.05) is 12.8 Å². The van der Waals surface area contributed by atoms with E-state index in [-0.39, 0.29) is 59.1 Å². The first-order chi connectivity index (χ1) is 32.9. The number of Topliss-reactive ketones (excluding diaryl/α,β-unsaturated/α-hetero) is 1. The number of carbonyl (C=O) groups excluding carboxylic acids is 4. The first-order valence-electron chi connectivity index (χ1n) is 24.4. The van der Waals surface area contributed by atoms with Gasteiger partial charge in [-0.25, -0.2) is 18.7 Å². The zero-order chi connectivity index (χ0) is 47.2. The molecule has 4 aromatic rings. The van der Waals surface area contributed by atoms with Gasteiger partial charge in [-0.15, -0.1) is 0 Å². The van der Waals surface area contributed by atoms with E-state index in [1.54, 1.807) is 22.6 Å². The van der Waals surface area contributed by atoms with Crippen LogP contribution in [0.15, 0.2) is 35.4 Å². The summed E-state index contributed by atoms with van der Waals surface area (Å²) < 4.78 is 33.2. The van der Waals surface area contributed by atoms with Crippen molar-refractivity contribution in [1.29, 1.82) is 0 Å². The number of ketones is 1. The van der Waals surface area contributed by atoms with E-state index in [4.69, 9.17) is 4.98 Å². The minimum atomic E-state index is -0.889. The number of hydrogen-bond acceptors (Lipinski definition) is 14. The van der Waals surface area contributed by atoms with Crippen LogP contribution in [0.2, 0.25) is 0 Å². The van der Waals surface area contributed by atoms with Crippen molar-refractivity contribution in [3.63, 3.8) is 0 Å². The van der Waals surface area contributed by atoms with E-state index in [2.05, 4.69) is 46.3 Å². The fourth-order valence-corrected chi connectivity index (χ4v) is 11.4. The molecule has 1 saturated carbocycles. The summed E-state index contributed by atoms with van der Waals surface area (Å²) in [7, 11) is 0. The van der Waals surface area contributed by atoms with Crippen LogP contribution in [0.25, 0.3) is 11.0 Å². The average Bonchev–Trinajstić information content (AvgIpc) is 3.98. The van der Waals surface area contributed by atoms with Gasteiger partial charge in [0.15, 0.2) is 11.6 Å². The number of aryl methyl sites for hydroxylation is 1. The quantitative estimate of drug-likeness (QED) is 0.153. The van der Waals surface area contributed by atoms with Crippen molar-refractivity contribution in [2.75, 3.05) is 100 Å². The van der Waals surface area contributed by atoms with Gasteiger partial charge in [0, 0.05) is 102 Å². The van der Waals surface area contributed by atoms with Crippen LogP contribution in [-0.2, 0) is 16.1 Å². The number of piperidine rings is 2. The largest absolute Gasteiger partial charge is 0.368 e. The van der Waals surface area contributed by atoms with E-state index in [0.717, 1.165) is 109 Å². The van der Waals surface area contributed by atoms with Crippen LogP contribution in [0, 0.1) is 24.5 Å². The lowest BCUT2D eigenvalue weighted by atomic mass is 9.96. The van der Waals surface area contributed by atoms with Crippen LogP contribution in [-0.4, -0.2) is 154 Å². The second-order valence-corrected chi connectivity index (χ2v) is 19.5. The molecule has 0 radical (unpaired) electrons. The van der Waals surface area contributed by atoms with E-state index in [1.807, 2.05) is 12.3 Å². The molecule has 5 aliphatic heterocycles. The Kier molecular flexibility index (Phi) is 13.0. The molecule has 4 saturated heterocycles. The SMILES string of the molecule is CC(=O)c1c(C)c2cnc(Nc3ccc(N4CCN(CCN5CCC(CN6CCN(c7c(F)cc8c(c7F)CN(C7CCC(=O)NC7=O)C8=O)CC6)CC5)CC4)cn3)nc2n(C2CCCC2)c1=O. The fourth-order valence-electron chi connectivity index (χ4n) is 11.4. The fraction of sp³-hybridized carbons (Fsp3) is 0.551. The number of halogens is 2. The lowest BCUT2D eigenvalue weighted by Crippen LogP contribution is -2.52. The smallest absolute Gasteiger partial charge is 0.263 e. The molecule has 8 heterocycles. The number of imide groups is 1. The summed E-state index contributed by atoms with van der Waals surface area (Å²) >= 11 is 0. The highest BCUT2D eigenvalue weighted by Crippen LogP contribution is 2.37. The van der Waals surface area contributed by atoms with Crippen molar-refractivity contribution in [3.8, 4) is 0 Å². The number of piperazine rings is 2. The number of fused-ring (bicyclic) bond motifs is 2. The van der Waals surface area contributed by atoms with Crippen LogP contribution >= 0.6 is 0 Å². The maximum Gasteiger partial charge on any atom is 0.263 e. The lowest BCUT2D eigenvalue weighted by Gasteiger charge is -2.40. The molecule has 0 bridgehead atoms. The summed E-state index contributed by atoms with van der Waals surface area (Å²) in [4.78, 5) is 90.2. The number of benzene rings is 1. The minimum absolute atomic E-state index is 0.00735. The first-order valence-corrected chi connectivity index (χ1v) is 24.4. The molecule has 3 amide bonds. The summed E-state index contributed by atoms with van der Waals surface area (Å²) in [5.74, 6) is -1.81. The van der Waals surface area contributed by atoms with Crippen LogP contribution in [0.5, 0.6) is 0 Å². The van der Waals surface area contributed by atoms with Gasteiger partial charge in [0.05, 0.1) is 29.6 Å². The molecule has 1 unspecified atom stereocenters. The number of likely N-dealkylation sites (tertiary alicyclic amines) is 1. The molecule has 2 N–H and O–H groups in total. The van der Waals surface area contributed by atoms with Gasteiger partial charge in [-0.05, 0) is 88.7 Å². The van der Waals surface area contributed by atoms with Gasteiger partial charge in [0.1, 0.15) is 29.0 Å². The van der Waals surface area contributed by atoms with Crippen LogP contribution in [0.4, 0.5) is 31.9 Å². The molecule has 0 spiro atoms. The summed E-state index contributed by atoms with van der Waals surface area (Å²) in [5, 5.41) is 6.18. The Bertz CT molecular complexity index is 2670. The number of carbonyl (C=O) groups is 4. The van der Waals surface area contributed by atoms with Crippen LogP contribution in [0.1, 0.15) is 96.2 Å². The predicted octanol–water partition coefficient (Wildman–Crippen LogP) is 4.25. The van der Waals surface area contributed by atoms with E-state index in [9.17, 15) is 24.0 Å². The number of amides is 3. The molecule has 1 aromatic carbocycles. The summed E-state index contributed by atoms with van der Waals surface area (Å²) in [6, 6.07) is 4.22. The second-order valence-electron chi connectivity index (χ2n) is 19.5. The second kappa shape index (κ2) is 19.2. The molecule has 19 heteroatoms. The van der Waals surface area contributed by atoms with Gasteiger partial charge >= 0.3 is 0 Å². The molecular formula is C49H60F2N12O5. The monoisotopic (exact) mass is 934 g/mol. The molecule has 17 nitrogen and oxygen atoms in total. The summed E-state index contributed by atoms with van der Waals surface area (Å²) in [5.41, 5.74) is 2.10. The highest BCUT2D eigenvalue weighted by molar-refractivity contribution is 6.05. The molecule has 1 atom stereocenters. The van der Waals surface area contributed by atoms with Crippen molar-refractivity contribution in [3.05, 3.63) is 74.8 Å². The highest BCUT2D eigenvalue weighted by atomic mass is 19.1. The number of hydrogen-bond donors (Lipinski definition) is 2. The van der Waals surface area contributed by atoms with Gasteiger partial charge in [-0.2, -0.15) is 4.98 Å². The number of pyridine rings is 2. The first kappa shape index (κ1) is 45.8. The molecule has 5 fully saturated rings. The zero-order valence-corrected chi connectivity index (χ0v) is 38.9. The van der Waals surface area contributed by atoms with E-state index in [0.29, 0.717) is 60.5 Å². The van der Waals surface area contributed by atoms with Crippen molar-refractivity contribution in [2.45, 2.75) is 83.8 Å². The maximum atomic E-state index is 16.0. The van der Waals surface area contributed by atoms with E-state index in [1.165, 1.54) is 11.8 Å². The Morgan fingerprint density at radius 1 is 0.824 bits per heavy atom. The normalized spacial score (nSPS) is 21.6. The van der Waals surface area contributed by atoms with Crippen LogP contribution in [0.3, 0.4) is 0 Å². The molecule has 68 heavy (non-hydrogen) atoms. The number of anilines is 4. The van der Waals surface area contributed by atoms with Gasteiger partial charge in [0.25, 0.3) is 11.5 Å². The third-order valence-electron chi connectivity index (χ3n) is 15.3. The van der Waals surface area contributed by atoms with Crippen molar-refractivity contribution >= 4 is 57.7 Å². The Morgan fingerprint density at radius 3 is 2.19 bits per heavy atom. The molecule has 1 aliphatic carbocycles. The number of rotatable bonds is 12. The number of aromatic nitrogens is 4. The number of nitrogens with one attached hydrogen (secondary N) is 2. The zero-order valence-electron chi connectivity index (χ0n) is 38.9. The summed E-state index contributed by atoms with van der Waals surface area (Å²) in [6.07, 6.45) is 9.90. The minimum Gasteiger partial charge on any atom is -0.368 e. The lowest BCUT2D eigenvalue weighted by molar-refractivity contribution is -0.136. The van der Waals surface area contributed by atoms with Crippen molar-refractivity contribution in [2.24, 2.45) is 5.92 Å². The summed E-state index contributed by atoms with van der Waals surface area (Å²) in [6.45, 7) is 14.3. The standard InChI is InChI=1S/C49H60F2N12O5/c1-30-36-27-53-49(56-45(36)63(33-5-3-4-6-33)48(68)42(30)31(2)64)54-40-9-7-34(26-52-40)60-21-17-58(18-22-60)16-15-57-13-11-32(12-14-57)28-59-19-23-61(24-20-59)44-38(50)25-35-37(43(44)51)29-62(47(35)67)39-8-10-41(65)55-46(39)66/h7,9,25-27,32-33,39H,3-6,8,10-24,28-29H2,1-2H3,(H,55,65,66)(H,52,53,54,56). The van der Waals surface area contributed by atoms with Gasteiger partial charge in [0.2, 0.25) is 17.8 Å². The molecule has 3 aromatic heterocycles. The third-order valence-corrected chi connectivity index (χ3v) is 15.3. The molecule has 360 valence electrons. The van der Waals surface area contributed by atoms with E-state index >= 15 is 8.78 Å². The Hall–Kier alpha value is -5.92. The topological polar surface area (TPSA) is 172 Å². The van der Waals surface area contributed by atoms with Crippen molar-refractivity contribution < 1.29 is 28.0 Å². The van der Waals surface area contributed by atoms with Gasteiger partial charge in [-0.3, -0.25) is 43.7 Å². The molecule has 10 rings (SSSR count). The number of nitrogens with zero attached hydrogens (tertiary/aromatic N) is 10. The Morgan fingerprint density at radius 2 is 1.51 bits per heavy atom. The van der Waals surface area contributed by atoms with E-state index < -0.39 is 35.4 Å². The van der Waals surface area contributed by atoms with Crippen molar-refractivity contribution in [1.82, 2.24) is 44.4 Å². The predicted molar refractivity (Wildman–Crippen MR) is 252 cm³/mol. The van der Waals surface area contributed by atoms with Gasteiger partial charge < -0.3 is 24.9 Å². The third kappa shape index (κ3) is 9.07. The maximum absolute atomic E-state index is 16.0. The Labute approximate surface area is 393 Å². The highest BCUT2D eigenvalue weighted by Gasteiger charge is 2.42. The Balaban J connectivity index is 0.652. The molecule has 6 aliphatic rings. The molecular weight excluding hydrogens is 875 g/mol.